The predicted molar refractivity (Wildman–Crippen MR) is 61.7 cm³/mol. The van der Waals surface area contributed by atoms with E-state index in [0.29, 0.717) is 0 Å². The number of benzene rings is 1. The molecule has 0 aliphatic carbocycles. The van der Waals surface area contributed by atoms with Gasteiger partial charge in [-0.05, 0) is 30.3 Å². The second kappa shape index (κ2) is 4.19. The Labute approximate surface area is 98.6 Å². The molecule has 0 spiro atoms. The second-order valence-electron chi connectivity index (χ2n) is 2.67. The molecule has 0 unspecified atom stereocenters. The number of hydrogen-bond donors (Lipinski definition) is 0. The SMILES string of the molecule is Brc1ccc(Br)c(-c2cc[c]nn2)c1. The van der Waals surface area contributed by atoms with E-state index in [4.69, 9.17) is 0 Å². The lowest BCUT2D eigenvalue weighted by Gasteiger charge is -2.02. The number of nitrogens with zero attached hydrogens (tertiary/aromatic N) is 2. The average Bonchev–Trinajstić information content (AvgIpc) is 2.23. The topological polar surface area (TPSA) is 25.8 Å². The number of hydrogen-bond acceptors (Lipinski definition) is 2. The van der Waals surface area contributed by atoms with Crippen LogP contribution in [0.2, 0.25) is 0 Å². The first kappa shape index (κ1) is 9.80. The van der Waals surface area contributed by atoms with Gasteiger partial charge in [0.25, 0.3) is 0 Å². The van der Waals surface area contributed by atoms with E-state index in [1.54, 1.807) is 6.07 Å². The van der Waals surface area contributed by atoms with Gasteiger partial charge in [0, 0.05) is 14.5 Å². The van der Waals surface area contributed by atoms with Gasteiger partial charge in [0.05, 0.1) is 5.69 Å². The van der Waals surface area contributed by atoms with Crippen LogP contribution >= 0.6 is 31.9 Å². The molecule has 0 saturated carbocycles. The molecule has 14 heavy (non-hydrogen) atoms. The Bertz CT molecular complexity index is 443. The van der Waals surface area contributed by atoms with E-state index in [-0.39, 0.29) is 0 Å². The fourth-order valence-electron chi connectivity index (χ4n) is 1.10. The number of rotatable bonds is 1. The van der Waals surface area contributed by atoms with Gasteiger partial charge in [-0.2, -0.15) is 0 Å². The smallest absolute Gasteiger partial charge is 0.113 e. The lowest BCUT2D eigenvalue weighted by Crippen LogP contribution is -1.87. The summed E-state index contributed by atoms with van der Waals surface area (Å²) in [5.74, 6) is 0. The second-order valence-corrected chi connectivity index (χ2v) is 4.44. The highest BCUT2D eigenvalue weighted by Crippen LogP contribution is 2.28. The molecule has 4 heteroatoms. The van der Waals surface area contributed by atoms with E-state index in [9.17, 15) is 0 Å². The molecule has 0 bridgehead atoms. The van der Waals surface area contributed by atoms with Gasteiger partial charge < -0.3 is 0 Å². The Hall–Kier alpha value is -0.740. The molecule has 2 aromatic rings. The van der Waals surface area contributed by atoms with Crippen molar-refractivity contribution in [2.45, 2.75) is 0 Å². The van der Waals surface area contributed by atoms with Crippen molar-refractivity contribution in [3.8, 4) is 11.3 Å². The summed E-state index contributed by atoms with van der Waals surface area (Å²) in [6.07, 6.45) is 2.65. The van der Waals surface area contributed by atoms with Gasteiger partial charge in [0.15, 0.2) is 0 Å². The highest BCUT2D eigenvalue weighted by Gasteiger charge is 2.04. The number of aromatic nitrogens is 2. The zero-order valence-corrected chi connectivity index (χ0v) is 10.2. The first-order chi connectivity index (χ1) is 6.77. The monoisotopic (exact) mass is 311 g/mol. The quantitative estimate of drug-likeness (QED) is 0.806. The standard InChI is InChI=1S/C10H5Br2N2/c11-7-3-4-9(12)8(6-7)10-2-1-5-13-14-10/h1-4,6H. The van der Waals surface area contributed by atoms with Crippen LogP contribution in [0.15, 0.2) is 39.3 Å². The van der Waals surface area contributed by atoms with Gasteiger partial charge in [0.1, 0.15) is 6.20 Å². The lowest BCUT2D eigenvalue weighted by molar-refractivity contribution is 1.03. The fourth-order valence-corrected chi connectivity index (χ4v) is 1.91. The van der Waals surface area contributed by atoms with E-state index in [2.05, 4.69) is 48.3 Å². The van der Waals surface area contributed by atoms with Gasteiger partial charge in [-0.25, -0.2) is 0 Å². The van der Waals surface area contributed by atoms with Gasteiger partial charge in [0.2, 0.25) is 0 Å². The van der Waals surface area contributed by atoms with Crippen molar-refractivity contribution < 1.29 is 0 Å². The minimum absolute atomic E-state index is 0.830. The van der Waals surface area contributed by atoms with Crippen molar-refractivity contribution in [1.82, 2.24) is 10.2 Å². The molecule has 1 radical (unpaired) electrons. The Balaban J connectivity index is 2.57. The van der Waals surface area contributed by atoms with Crippen molar-refractivity contribution in [2.75, 3.05) is 0 Å². The summed E-state index contributed by atoms with van der Waals surface area (Å²) in [5.41, 5.74) is 1.85. The molecular weight excluding hydrogens is 308 g/mol. The van der Waals surface area contributed by atoms with E-state index in [1.807, 2.05) is 24.3 Å². The van der Waals surface area contributed by atoms with Crippen molar-refractivity contribution in [1.29, 1.82) is 0 Å². The summed E-state index contributed by atoms with van der Waals surface area (Å²) in [6, 6.07) is 9.55. The molecule has 0 atom stereocenters. The molecular formula is C10H5Br2N2. The normalized spacial score (nSPS) is 10.1. The van der Waals surface area contributed by atoms with Gasteiger partial charge in [-0.1, -0.05) is 31.9 Å². The van der Waals surface area contributed by atoms with E-state index in [0.717, 1.165) is 20.2 Å². The van der Waals surface area contributed by atoms with E-state index in [1.165, 1.54) is 0 Å². The van der Waals surface area contributed by atoms with Crippen LogP contribution in [0, 0.1) is 6.20 Å². The van der Waals surface area contributed by atoms with Crippen LogP contribution in [-0.4, -0.2) is 10.2 Å². The largest absolute Gasteiger partial charge is 0.150 e. The van der Waals surface area contributed by atoms with Crippen LogP contribution in [0.25, 0.3) is 11.3 Å². The molecule has 0 aliphatic rings. The molecule has 2 nitrogen and oxygen atoms in total. The maximum atomic E-state index is 3.99. The first-order valence-corrected chi connectivity index (χ1v) is 5.51. The molecule has 2 rings (SSSR count). The van der Waals surface area contributed by atoms with Crippen LogP contribution in [0.4, 0.5) is 0 Å². The van der Waals surface area contributed by atoms with Gasteiger partial charge in [-0.3, -0.25) is 0 Å². The Morgan fingerprint density at radius 2 is 2.00 bits per heavy atom. The van der Waals surface area contributed by atoms with Crippen LogP contribution in [0.5, 0.6) is 0 Å². The summed E-state index contributed by atoms with van der Waals surface area (Å²) in [4.78, 5) is 0. The highest BCUT2D eigenvalue weighted by molar-refractivity contribution is 9.11. The third-order valence-corrected chi connectivity index (χ3v) is 2.92. The van der Waals surface area contributed by atoms with E-state index < -0.39 is 0 Å². The van der Waals surface area contributed by atoms with Gasteiger partial charge >= 0.3 is 0 Å². The maximum absolute atomic E-state index is 3.99. The minimum Gasteiger partial charge on any atom is -0.150 e. The van der Waals surface area contributed by atoms with Crippen molar-refractivity contribution in [3.63, 3.8) is 0 Å². The van der Waals surface area contributed by atoms with Crippen LogP contribution in [0.1, 0.15) is 0 Å². The Morgan fingerprint density at radius 3 is 2.71 bits per heavy atom. The maximum Gasteiger partial charge on any atom is 0.113 e. The lowest BCUT2D eigenvalue weighted by atomic mass is 10.1. The van der Waals surface area contributed by atoms with Crippen LogP contribution in [0.3, 0.4) is 0 Å². The summed E-state index contributed by atoms with van der Waals surface area (Å²) in [6.45, 7) is 0. The predicted octanol–water partition coefficient (Wildman–Crippen LogP) is 3.47. The zero-order valence-electron chi connectivity index (χ0n) is 7.04. The highest BCUT2D eigenvalue weighted by atomic mass is 79.9. The molecule has 0 amide bonds. The molecule has 0 N–H and O–H groups in total. The van der Waals surface area contributed by atoms with Crippen molar-refractivity contribution >= 4 is 31.9 Å². The fraction of sp³-hybridized carbons (Fsp3) is 0. The summed E-state index contributed by atoms with van der Waals surface area (Å²) in [7, 11) is 0. The number of halogens is 2. The Kier molecular flexibility index (Phi) is 2.93. The van der Waals surface area contributed by atoms with Gasteiger partial charge in [-0.15, -0.1) is 10.2 Å². The third-order valence-electron chi connectivity index (χ3n) is 1.74. The van der Waals surface area contributed by atoms with Crippen molar-refractivity contribution in [2.24, 2.45) is 0 Å². The van der Waals surface area contributed by atoms with Crippen molar-refractivity contribution in [3.05, 3.63) is 45.5 Å². The molecule has 1 aromatic heterocycles. The summed E-state index contributed by atoms with van der Waals surface area (Å²) >= 11 is 6.89. The van der Waals surface area contributed by atoms with Crippen LogP contribution in [-0.2, 0) is 0 Å². The average molecular weight is 313 g/mol. The summed E-state index contributed by atoms with van der Waals surface area (Å²) < 4.78 is 2.02. The molecule has 0 aliphatic heterocycles. The Morgan fingerprint density at radius 1 is 1.14 bits per heavy atom. The van der Waals surface area contributed by atoms with Crippen LogP contribution < -0.4 is 0 Å². The molecule has 69 valence electrons. The molecule has 0 saturated heterocycles. The first-order valence-electron chi connectivity index (χ1n) is 3.92. The molecule has 1 aromatic carbocycles. The summed E-state index contributed by atoms with van der Waals surface area (Å²) in [5, 5.41) is 7.72. The zero-order chi connectivity index (χ0) is 9.97. The molecule has 0 fully saturated rings. The third kappa shape index (κ3) is 2.01. The van der Waals surface area contributed by atoms with E-state index >= 15 is 0 Å². The minimum atomic E-state index is 0.830. The molecule has 1 heterocycles.